The van der Waals surface area contributed by atoms with Crippen LogP contribution in [0, 0.1) is 6.92 Å². The van der Waals surface area contributed by atoms with Crippen molar-refractivity contribution in [3.8, 4) is 0 Å². The first kappa shape index (κ1) is 14.0. The summed E-state index contributed by atoms with van der Waals surface area (Å²) in [6.45, 7) is 4.37. The van der Waals surface area contributed by atoms with Gasteiger partial charge < -0.3 is 14.9 Å². The van der Waals surface area contributed by atoms with Gasteiger partial charge in [-0.25, -0.2) is 0 Å². The van der Waals surface area contributed by atoms with Crippen LogP contribution in [0.2, 0.25) is 0 Å². The Balaban J connectivity index is 2.59. The fourth-order valence-corrected chi connectivity index (χ4v) is 1.99. The molecule has 17 heavy (non-hydrogen) atoms. The second kappa shape index (κ2) is 6.62. The third-order valence-electron chi connectivity index (χ3n) is 2.95. The molecule has 0 radical (unpaired) electrons. The monoisotopic (exact) mass is 236 g/mol. The molecule has 3 heteroatoms. The molecular formula is C14H24N2O. The lowest BCUT2D eigenvalue weighted by Gasteiger charge is -2.22. The Morgan fingerprint density at radius 1 is 1.12 bits per heavy atom. The molecule has 0 fully saturated rings. The predicted molar refractivity (Wildman–Crippen MR) is 73.5 cm³/mol. The molecule has 3 nitrogen and oxygen atoms in total. The van der Waals surface area contributed by atoms with Gasteiger partial charge in [0.15, 0.2) is 0 Å². The topological polar surface area (TPSA) is 26.7 Å². The molecule has 0 bridgehead atoms. The van der Waals surface area contributed by atoms with E-state index in [1.807, 2.05) is 6.07 Å². The standard InChI is InChI=1S/C14H24N2O/c1-12-10-13(11-17)6-7-14(12)16(4)9-5-8-15(2)3/h6-7,10,17H,5,8-9,11H2,1-4H3. The molecule has 1 aromatic carbocycles. The van der Waals surface area contributed by atoms with Gasteiger partial charge in [0.25, 0.3) is 0 Å². The van der Waals surface area contributed by atoms with Gasteiger partial charge in [-0.2, -0.15) is 0 Å². The molecule has 0 spiro atoms. The lowest BCUT2D eigenvalue weighted by Crippen LogP contribution is -2.23. The van der Waals surface area contributed by atoms with Crippen LogP contribution < -0.4 is 4.90 Å². The third kappa shape index (κ3) is 4.36. The van der Waals surface area contributed by atoms with Gasteiger partial charge in [-0.1, -0.05) is 12.1 Å². The maximum Gasteiger partial charge on any atom is 0.0681 e. The Morgan fingerprint density at radius 2 is 1.82 bits per heavy atom. The summed E-state index contributed by atoms with van der Waals surface area (Å²) >= 11 is 0. The molecule has 0 saturated heterocycles. The number of rotatable bonds is 6. The first-order chi connectivity index (χ1) is 8.04. The van der Waals surface area contributed by atoms with Gasteiger partial charge in [0.1, 0.15) is 0 Å². The summed E-state index contributed by atoms with van der Waals surface area (Å²) in [6.07, 6.45) is 1.16. The van der Waals surface area contributed by atoms with Crippen molar-refractivity contribution in [1.29, 1.82) is 0 Å². The quantitative estimate of drug-likeness (QED) is 0.817. The van der Waals surface area contributed by atoms with Gasteiger partial charge in [-0.15, -0.1) is 0 Å². The van der Waals surface area contributed by atoms with E-state index in [9.17, 15) is 0 Å². The lowest BCUT2D eigenvalue weighted by atomic mass is 10.1. The highest BCUT2D eigenvalue weighted by atomic mass is 16.3. The van der Waals surface area contributed by atoms with Crippen LogP contribution >= 0.6 is 0 Å². The third-order valence-corrected chi connectivity index (χ3v) is 2.95. The van der Waals surface area contributed by atoms with Crippen molar-refractivity contribution in [1.82, 2.24) is 4.90 Å². The fraction of sp³-hybridized carbons (Fsp3) is 0.571. The van der Waals surface area contributed by atoms with E-state index in [1.54, 1.807) is 0 Å². The highest BCUT2D eigenvalue weighted by Crippen LogP contribution is 2.20. The molecule has 0 aliphatic heterocycles. The number of nitrogens with zero attached hydrogens (tertiary/aromatic N) is 2. The van der Waals surface area contributed by atoms with E-state index in [0.29, 0.717) is 0 Å². The number of aryl methyl sites for hydroxylation is 1. The average Bonchev–Trinajstić information content (AvgIpc) is 2.28. The summed E-state index contributed by atoms with van der Waals surface area (Å²) in [5.74, 6) is 0. The minimum atomic E-state index is 0.117. The Hall–Kier alpha value is -1.06. The highest BCUT2D eigenvalue weighted by Gasteiger charge is 2.05. The SMILES string of the molecule is Cc1cc(CO)ccc1N(C)CCCN(C)C. The molecule has 0 heterocycles. The summed E-state index contributed by atoms with van der Waals surface area (Å²) in [5.41, 5.74) is 3.46. The largest absolute Gasteiger partial charge is 0.392 e. The molecule has 1 rings (SSSR count). The number of benzene rings is 1. The molecule has 0 saturated carbocycles. The zero-order valence-corrected chi connectivity index (χ0v) is 11.4. The predicted octanol–water partition coefficient (Wildman–Crippen LogP) is 1.88. The van der Waals surface area contributed by atoms with E-state index < -0.39 is 0 Å². The molecule has 0 unspecified atom stereocenters. The normalized spacial score (nSPS) is 10.9. The second-order valence-corrected chi connectivity index (χ2v) is 4.86. The summed E-state index contributed by atoms with van der Waals surface area (Å²) in [5, 5.41) is 9.07. The van der Waals surface area contributed by atoms with Gasteiger partial charge in [-0.3, -0.25) is 0 Å². The molecule has 0 aliphatic rings. The molecular weight excluding hydrogens is 212 g/mol. The lowest BCUT2D eigenvalue weighted by molar-refractivity contribution is 0.282. The molecule has 1 aromatic rings. The molecule has 0 atom stereocenters. The second-order valence-electron chi connectivity index (χ2n) is 4.86. The Labute approximate surface area is 105 Å². The molecule has 0 aliphatic carbocycles. The van der Waals surface area contributed by atoms with Crippen molar-refractivity contribution in [3.05, 3.63) is 29.3 Å². The zero-order chi connectivity index (χ0) is 12.8. The summed E-state index contributed by atoms with van der Waals surface area (Å²) < 4.78 is 0. The van der Waals surface area contributed by atoms with Crippen LogP contribution in [0.5, 0.6) is 0 Å². The average molecular weight is 236 g/mol. The number of aliphatic hydroxyl groups is 1. The molecule has 0 amide bonds. The van der Waals surface area contributed by atoms with Crippen molar-refractivity contribution in [3.63, 3.8) is 0 Å². The number of anilines is 1. The van der Waals surface area contributed by atoms with E-state index >= 15 is 0 Å². The van der Waals surface area contributed by atoms with Gasteiger partial charge in [-0.05, 0) is 51.2 Å². The van der Waals surface area contributed by atoms with Gasteiger partial charge in [0, 0.05) is 19.3 Å². The summed E-state index contributed by atoms with van der Waals surface area (Å²) in [6, 6.07) is 6.14. The van der Waals surface area contributed by atoms with Crippen molar-refractivity contribution < 1.29 is 5.11 Å². The maximum atomic E-state index is 9.07. The Bertz CT molecular complexity index is 350. The van der Waals surface area contributed by atoms with Crippen LogP contribution in [0.15, 0.2) is 18.2 Å². The van der Waals surface area contributed by atoms with Crippen LogP contribution in [0.1, 0.15) is 17.5 Å². The minimum Gasteiger partial charge on any atom is -0.392 e. The van der Waals surface area contributed by atoms with Gasteiger partial charge in [0.05, 0.1) is 6.61 Å². The number of hydrogen-bond acceptors (Lipinski definition) is 3. The van der Waals surface area contributed by atoms with Crippen molar-refractivity contribution in [2.75, 3.05) is 39.1 Å². The number of hydrogen-bond donors (Lipinski definition) is 1. The van der Waals surface area contributed by atoms with E-state index in [1.165, 1.54) is 11.3 Å². The van der Waals surface area contributed by atoms with Crippen LogP contribution in [-0.2, 0) is 6.61 Å². The van der Waals surface area contributed by atoms with E-state index in [-0.39, 0.29) is 6.61 Å². The first-order valence-corrected chi connectivity index (χ1v) is 6.11. The van der Waals surface area contributed by atoms with Crippen molar-refractivity contribution >= 4 is 5.69 Å². The molecule has 0 aromatic heterocycles. The Kier molecular flexibility index (Phi) is 5.45. The molecule has 96 valence electrons. The molecule has 1 N–H and O–H groups in total. The fourth-order valence-electron chi connectivity index (χ4n) is 1.99. The van der Waals surface area contributed by atoms with Gasteiger partial charge in [0.2, 0.25) is 0 Å². The minimum absolute atomic E-state index is 0.117. The highest BCUT2D eigenvalue weighted by molar-refractivity contribution is 5.53. The number of aliphatic hydroxyl groups excluding tert-OH is 1. The van der Waals surface area contributed by atoms with Crippen LogP contribution in [0.4, 0.5) is 5.69 Å². The smallest absolute Gasteiger partial charge is 0.0681 e. The van der Waals surface area contributed by atoms with Gasteiger partial charge >= 0.3 is 0 Å². The van der Waals surface area contributed by atoms with E-state index in [0.717, 1.165) is 25.1 Å². The van der Waals surface area contributed by atoms with Crippen LogP contribution in [0.25, 0.3) is 0 Å². The van der Waals surface area contributed by atoms with E-state index in [2.05, 4.69) is 50.0 Å². The maximum absolute atomic E-state index is 9.07. The Morgan fingerprint density at radius 3 is 2.35 bits per heavy atom. The summed E-state index contributed by atoms with van der Waals surface area (Å²) in [7, 11) is 6.32. The summed E-state index contributed by atoms with van der Waals surface area (Å²) in [4.78, 5) is 4.48. The zero-order valence-electron chi connectivity index (χ0n) is 11.4. The van der Waals surface area contributed by atoms with Crippen LogP contribution in [-0.4, -0.2) is 44.2 Å². The van der Waals surface area contributed by atoms with Crippen molar-refractivity contribution in [2.45, 2.75) is 20.0 Å². The first-order valence-electron chi connectivity index (χ1n) is 6.11. The van der Waals surface area contributed by atoms with Crippen LogP contribution in [0.3, 0.4) is 0 Å². The van der Waals surface area contributed by atoms with E-state index in [4.69, 9.17) is 5.11 Å². The van der Waals surface area contributed by atoms with Crippen molar-refractivity contribution in [2.24, 2.45) is 0 Å².